The van der Waals surface area contributed by atoms with Gasteiger partial charge < -0.3 is 15.0 Å². The van der Waals surface area contributed by atoms with Crippen LogP contribution in [0.3, 0.4) is 0 Å². The highest BCUT2D eigenvalue weighted by Crippen LogP contribution is 2.37. The van der Waals surface area contributed by atoms with Gasteiger partial charge in [-0.2, -0.15) is 0 Å². The van der Waals surface area contributed by atoms with Gasteiger partial charge in [-0.15, -0.1) is 0 Å². The van der Waals surface area contributed by atoms with Gasteiger partial charge >= 0.3 is 0 Å². The van der Waals surface area contributed by atoms with Crippen molar-refractivity contribution in [2.24, 2.45) is 5.92 Å². The Morgan fingerprint density at radius 1 is 0.903 bits per heavy atom. The topological polar surface area (TPSA) is 24.5 Å². The summed E-state index contributed by atoms with van der Waals surface area (Å²) in [6.07, 6.45) is 4.95. The largest absolute Gasteiger partial charge is 0.496 e. The third-order valence-electron chi connectivity index (χ3n) is 6.75. The molecule has 0 radical (unpaired) electrons. The van der Waals surface area contributed by atoms with Crippen molar-refractivity contribution in [2.75, 3.05) is 20.2 Å². The summed E-state index contributed by atoms with van der Waals surface area (Å²) in [5, 5.41) is 3.88. The van der Waals surface area contributed by atoms with Crippen molar-refractivity contribution in [3.63, 3.8) is 0 Å². The summed E-state index contributed by atoms with van der Waals surface area (Å²) in [6.45, 7) is 3.14. The lowest BCUT2D eigenvalue weighted by Crippen LogP contribution is -2.54. The summed E-state index contributed by atoms with van der Waals surface area (Å²) in [7, 11) is 1.75. The normalized spacial score (nSPS) is 21.5. The van der Waals surface area contributed by atoms with Crippen molar-refractivity contribution >= 4 is 6.08 Å². The number of nitrogens with one attached hydrogen (secondary N) is 1. The maximum atomic E-state index is 5.57. The lowest BCUT2D eigenvalue weighted by molar-refractivity contribution is 0.123. The Balaban J connectivity index is 1.46. The zero-order chi connectivity index (χ0) is 21.0. The molecule has 6 rings (SSSR count). The van der Waals surface area contributed by atoms with Crippen LogP contribution in [0, 0.1) is 5.92 Å². The Labute approximate surface area is 185 Å². The van der Waals surface area contributed by atoms with Crippen molar-refractivity contribution < 1.29 is 4.74 Å². The van der Waals surface area contributed by atoms with E-state index in [2.05, 4.69) is 83.0 Å². The minimum atomic E-state index is 0.372. The van der Waals surface area contributed by atoms with Crippen LogP contribution < -0.4 is 10.1 Å². The van der Waals surface area contributed by atoms with Gasteiger partial charge in [-0.25, -0.2) is 0 Å². The van der Waals surface area contributed by atoms with E-state index in [1.807, 2.05) is 12.1 Å². The number of hydrogen-bond donors (Lipinski definition) is 1. The number of rotatable bonds is 6. The summed E-state index contributed by atoms with van der Waals surface area (Å²) in [5.41, 5.74) is 6.50. The number of ether oxygens (including phenoxy) is 1. The van der Waals surface area contributed by atoms with E-state index in [4.69, 9.17) is 4.74 Å². The Kier molecular flexibility index (Phi) is 5.77. The number of fused-ring (bicyclic) bond motifs is 3. The molecule has 158 valence electrons. The zero-order valence-electron chi connectivity index (χ0n) is 18.1. The molecule has 3 heterocycles. The second-order valence-corrected chi connectivity index (χ2v) is 8.52. The molecular formula is C28H30N2O. The summed E-state index contributed by atoms with van der Waals surface area (Å²) in [6, 6.07) is 28.1. The van der Waals surface area contributed by atoms with Crippen LogP contribution >= 0.6 is 0 Å². The molecule has 0 aromatic heterocycles. The van der Waals surface area contributed by atoms with E-state index in [0.717, 1.165) is 25.4 Å². The number of hydrogen-bond acceptors (Lipinski definition) is 3. The molecule has 0 amide bonds. The third-order valence-corrected chi connectivity index (χ3v) is 6.75. The van der Waals surface area contributed by atoms with Gasteiger partial charge in [0.2, 0.25) is 0 Å². The molecule has 3 fully saturated rings. The Morgan fingerprint density at radius 3 is 2.42 bits per heavy atom. The van der Waals surface area contributed by atoms with Gasteiger partial charge in [0.25, 0.3) is 0 Å². The Hall–Kier alpha value is -3.04. The number of piperidine rings is 3. The molecule has 3 saturated heterocycles. The van der Waals surface area contributed by atoms with Crippen LogP contribution in [0.2, 0.25) is 0 Å². The molecule has 0 spiro atoms. The standard InChI is InChI=1S/C28H30N2O/c1-31-27-14-8-6-12-24(27)20-29-28-22-15-17-30(18-16-22)26(28)19-23-11-5-7-13-25(23)21-9-3-2-4-10-21/h2-14,19,22,28-29H,15-18,20H2,1H3/b26-19-. The summed E-state index contributed by atoms with van der Waals surface area (Å²) in [4.78, 5) is 2.58. The fourth-order valence-electron chi connectivity index (χ4n) is 5.11. The molecule has 31 heavy (non-hydrogen) atoms. The first-order valence-electron chi connectivity index (χ1n) is 11.3. The van der Waals surface area contributed by atoms with Gasteiger partial charge in [0.1, 0.15) is 5.75 Å². The molecule has 3 aliphatic heterocycles. The van der Waals surface area contributed by atoms with E-state index in [0.29, 0.717) is 12.0 Å². The van der Waals surface area contributed by atoms with E-state index in [-0.39, 0.29) is 0 Å². The molecule has 3 aliphatic rings. The van der Waals surface area contributed by atoms with Crippen LogP contribution in [-0.2, 0) is 6.54 Å². The molecule has 0 saturated carbocycles. The van der Waals surface area contributed by atoms with Gasteiger partial charge in [0.15, 0.2) is 0 Å². The van der Waals surface area contributed by atoms with Gasteiger partial charge in [-0.1, -0.05) is 72.8 Å². The number of para-hydroxylation sites is 1. The maximum Gasteiger partial charge on any atom is 0.123 e. The fourth-order valence-corrected chi connectivity index (χ4v) is 5.11. The SMILES string of the molecule is COc1ccccc1CNC1/C(=C/c2ccccc2-c2ccccc2)N2CCC1CC2. The Morgan fingerprint density at radius 2 is 1.61 bits per heavy atom. The third kappa shape index (κ3) is 4.11. The first kappa shape index (κ1) is 19.9. The number of nitrogens with zero attached hydrogens (tertiary/aromatic N) is 1. The summed E-state index contributed by atoms with van der Waals surface area (Å²) < 4.78 is 5.57. The van der Waals surface area contributed by atoms with Crippen molar-refractivity contribution in [3.05, 3.63) is 95.7 Å². The minimum Gasteiger partial charge on any atom is -0.496 e. The smallest absolute Gasteiger partial charge is 0.123 e. The molecule has 1 unspecified atom stereocenters. The number of benzene rings is 3. The van der Waals surface area contributed by atoms with Crippen molar-refractivity contribution in [1.82, 2.24) is 10.2 Å². The predicted octanol–water partition coefficient (Wildman–Crippen LogP) is 5.59. The first-order valence-corrected chi connectivity index (χ1v) is 11.3. The zero-order valence-corrected chi connectivity index (χ0v) is 18.1. The molecule has 3 nitrogen and oxygen atoms in total. The molecule has 2 bridgehead atoms. The lowest BCUT2D eigenvalue weighted by Gasteiger charge is -2.48. The Bertz CT molecular complexity index is 1050. The molecular weight excluding hydrogens is 380 g/mol. The molecule has 3 aromatic carbocycles. The van der Waals surface area contributed by atoms with Crippen LogP contribution in [0.25, 0.3) is 17.2 Å². The van der Waals surface area contributed by atoms with E-state index < -0.39 is 0 Å². The molecule has 3 aromatic rings. The van der Waals surface area contributed by atoms with Gasteiger partial charge in [-0.3, -0.25) is 0 Å². The van der Waals surface area contributed by atoms with Gasteiger partial charge in [0, 0.05) is 30.9 Å². The predicted molar refractivity (Wildman–Crippen MR) is 128 cm³/mol. The molecule has 1 N–H and O–H groups in total. The molecule has 3 heteroatoms. The lowest BCUT2D eigenvalue weighted by atomic mass is 9.80. The van der Waals surface area contributed by atoms with E-state index in [1.54, 1.807) is 7.11 Å². The van der Waals surface area contributed by atoms with Crippen LogP contribution in [0.1, 0.15) is 24.0 Å². The average Bonchev–Trinajstić information content (AvgIpc) is 2.85. The van der Waals surface area contributed by atoms with Crippen LogP contribution in [0.5, 0.6) is 5.75 Å². The highest BCUT2D eigenvalue weighted by molar-refractivity contribution is 5.76. The summed E-state index contributed by atoms with van der Waals surface area (Å²) in [5.74, 6) is 1.64. The maximum absolute atomic E-state index is 5.57. The second kappa shape index (κ2) is 8.99. The van der Waals surface area contributed by atoms with Crippen LogP contribution in [0.4, 0.5) is 0 Å². The quantitative estimate of drug-likeness (QED) is 0.573. The highest BCUT2D eigenvalue weighted by Gasteiger charge is 2.37. The van der Waals surface area contributed by atoms with E-state index >= 15 is 0 Å². The van der Waals surface area contributed by atoms with Gasteiger partial charge in [-0.05, 0) is 47.6 Å². The number of methoxy groups -OCH3 is 1. The van der Waals surface area contributed by atoms with Crippen molar-refractivity contribution in [3.8, 4) is 16.9 Å². The van der Waals surface area contributed by atoms with Crippen molar-refractivity contribution in [1.29, 1.82) is 0 Å². The molecule has 0 aliphatic carbocycles. The van der Waals surface area contributed by atoms with E-state index in [9.17, 15) is 0 Å². The monoisotopic (exact) mass is 410 g/mol. The van der Waals surface area contributed by atoms with Crippen LogP contribution in [-0.4, -0.2) is 31.1 Å². The summed E-state index contributed by atoms with van der Waals surface area (Å²) >= 11 is 0. The molecule has 1 atom stereocenters. The van der Waals surface area contributed by atoms with Crippen LogP contribution in [0.15, 0.2) is 84.6 Å². The minimum absolute atomic E-state index is 0.372. The first-order chi connectivity index (χ1) is 15.3. The second-order valence-electron chi connectivity index (χ2n) is 8.52. The fraction of sp³-hybridized carbons (Fsp3) is 0.286. The van der Waals surface area contributed by atoms with E-state index in [1.165, 1.54) is 40.8 Å². The highest BCUT2D eigenvalue weighted by atomic mass is 16.5. The van der Waals surface area contributed by atoms with Crippen molar-refractivity contribution in [2.45, 2.75) is 25.4 Å². The van der Waals surface area contributed by atoms with Gasteiger partial charge in [0.05, 0.1) is 13.2 Å². The average molecular weight is 411 g/mol.